The molecule has 0 aliphatic heterocycles. The monoisotopic (exact) mass is 451 g/mol. The number of hydrogen-bond donors (Lipinski definition) is 1. The molecule has 0 atom stereocenters. The highest BCUT2D eigenvalue weighted by molar-refractivity contribution is 9.10. The molecule has 0 aliphatic rings. The number of nitro benzene ring substituents is 1. The second kappa shape index (κ2) is 7.48. The SMILES string of the molecule is Cc1cc(C(=O)Nc2ccc3oc(-c4cccc(Br)c4)nc3c2)ccc1[N+](=O)[O-]. The summed E-state index contributed by atoms with van der Waals surface area (Å²) in [6.07, 6.45) is 0. The van der Waals surface area contributed by atoms with Gasteiger partial charge in [-0.25, -0.2) is 4.98 Å². The Bertz CT molecular complexity index is 1270. The largest absolute Gasteiger partial charge is 0.436 e. The minimum atomic E-state index is -0.474. The van der Waals surface area contributed by atoms with Gasteiger partial charge in [-0.05, 0) is 55.5 Å². The van der Waals surface area contributed by atoms with Crippen LogP contribution in [0.2, 0.25) is 0 Å². The zero-order valence-electron chi connectivity index (χ0n) is 15.2. The summed E-state index contributed by atoms with van der Waals surface area (Å²) in [5.74, 6) is 0.119. The van der Waals surface area contributed by atoms with E-state index in [0.29, 0.717) is 33.8 Å². The average molecular weight is 452 g/mol. The molecule has 3 aromatic carbocycles. The van der Waals surface area contributed by atoms with Crippen LogP contribution in [0.5, 0.6) is 0 Å². The van der Waals surface area contributed by atoms with Crippen molar-refractivity contribution in [2.75, 3.05) is 5.32 Å². The summed E-state index contributed by atoms with van der Waals surface area (Å²) in [4.78, 5) is 27.5. The molecule has 0 saturated heterocycles. The summed E-state index contributed by atoms with van der Waals surface area (Å²) in [6, 6.07) is 17.0. The van der Waals surface area contributed by atoms with Crippen molar-refractivity contribution in [3.63, 3.8) is 0 Å². The Morgan fingerprint density at radius 2 is 1.97 bits per heavy atom. The van der Waals surface area contributed by atoms with Crippen LogP contribution in [0, 0.1) is 17.0 Å². The van der Waals surface area contributed by atoms with E-state index in [9.17, 15) is 14.9 Å². The number of rotatable bonds is 4. The van der Waals surface area contributed by atoms with Crippen LogP contribution in [0.1, 0.15) is 15.9 Å². The van der Waals surface area contributed by atoms with Crippen LogP contribution in [0.3, 0.4) is 0 Å². The van der Waals surface area contributed by atoms with Crippen LogP contribution in [0.15, 0.2) is 69.6 Å². The van der Waals surface area contributed by atoms with E-state index in [0.717, 1.165) is 10.0 Å². The molecule has 1 aromatic heterocycles. The van der Waals surface area contributed by atoms with Gasteiger partial charge in [-0.3, -0.25) is 14.9 Å². The fourth-order valence-corrected chi connectivity index (χ4v) is 3.35. The predicted octanol–water partition coefficient (Wildman–Crippen LogP) is 5.73. The van der Waals surface area contributed by atoms with Gasteiger partial charge in [0.2, 0.25) is 5.89 Å². The van der Waals surface area contributed by atoms with Gasteiger partial charge in [-0.2, -0.15) is 0 Å². The predicted molar refractivity (Wildman–Crippen MR) is 113 cm³/mol. The van der Waals surface area contributed by atoms with Crippen molar-refractivity contribution in [2.24, 2.45) is 0 Å². The van der Waals surface area contributed by atoms with E-state index < -0.39 is 4.92 Å². The fraction of sp³-hybridized carbons (Fsp3) is 0.0476. The third-order valence-corrected chi connectivity index (χ3v) is 4.87. The first kappa shape index (κ1) is 18.8. The minimum Gasteiger partial charge on any atom is -0.436 e. The molecule has 29 heavy (non-hydrogen) atoms. The van der Waals surface area contributed by atoms with Crippen LogP contribution < -0.4 is 5.32 Å². The number of nitrogens with zero attached hydrogens (tertiary/aromatic N) is 2. The third kappa shape index (κ3) is 3.88. The van der Waals surface area contributed by atoms with Gasteiger partial charge in [0.1, 0.15) is 5.52 Å². The average Bonchev–Trinajstić information content (AvgIpc) is 3.11. The number of fused-ring (bicyclic) bond motifs is 1. The molecule has 0 unspecified atom stereocenters. The molecular weight excluding hydrogens is 438 g/mol. The van der Waals surface area contributed by atoms with Gasteiger partial charge < -0.3 is 9.73 Å². The number of aryl methyl sites for hydroxylation is 1. The topological polar surface area (TPSA) is 98.3 Å². The molecular formula is C21H14BrN3O4. The van der Waals surface area contributed by atoms with E-state index in [1.165, 1.54) is 18.2 Å². The zero-order valence-corrected chi connectivity index (χ0v) is 16.8. The highest BCUT2D eigenvalue weighted by Gasteiger charge is 2.15. The molecule has 0 saturated carbocycles. The molecule has 1 heterocycles. The lowest BCUT2D eigenvalue weighted by Gasteiger charge is -2.06. The molecule has 4 rings (SSSR count). The van der Waals surface area contributed by atoms with Crippen LogP contribution in [0.4, 0.5) is 11.4 Å². The second-order valence-electron chi connectivity index (χ2n) is 6.42. The quantitative estimate of drug-likeness (QED) is 0.315. The van der Waals surface area contributed by atoms with Crippen molar-refractivity contribution >= 4 is 44.3 Å². The lowest BCUT2D eigenvalue weighted by Crippen LogP contribution is -2.12. The second-order valence-corrected chi connectivity index (χ2v) is 7.34. The number of carbonyl (C=O) groups is 1. The van der Waals surface area contributed by atoms with Crippen molar-refractivity contribution < 1.29 is 14.1 Å². The molecule has 0 aliphatic carbocycles. The Morgan fingerprint density at radius 1 is 1.14 bits per heavy atom. The summed E-state index contributed by atoms with van der Waals surface area (Å²) < 4.78 is 6.72. The molecule has 1 amide bonds. The van der Waals surface area contributed by atoms with Crippen LogP contribution >= 0.6 is 15.9 Å². The lowest BCUT2D eigenvalue weighted by molar-refractivity contribution is -0.385. The first-order chi connectivity index (χ1) is 13.9. The van der Waals surface area contributed by atoms with Gasteiger partial charge in [0.25, 0.3) is 11.6 Å². The number of nitrogens with one attached hydrogen (secondary N) is 1. The van der Waals surface area contributed by atoms with Crippen LogP contribution in [-0.2, 0) is 0 Å². The van der Waals surface area contributed by atoms with Gasteiger partial charge in [0.05, 0.1) is 4.92 Å². The van der Waals surface area contributed by atoms with Crippen molar-refractivity contribution in [3.8, 4) is 11.5 Å². The number of amides is 1. The van der Waals surface area contributed by atoms with Crippen molar-refractivity contribution in [1.82, 2.24) is 4.98 Å². The summed E-state index contributed by atoms with van der Waals surface area (Å²) in [7, 11) is 0. The first-order valence-corrected chi connectivity index (χ1v) is 9.43. The maximum atomic E-state index is 12.5. The Hall–Kier alpha value is -3.52. The minimum absolute atomic E-state index is 0.0226. The molecule has 0 spiro atoms. The Kier molecular flexibility index (Phi) is 4.85. The van der Waals surface area contributed by atoms with Gasteiger partial charge in [-0.15, -0.1) is 0 Å². The van der Waals surface area contributed by atoms with E-state index in [-0.39, 0.29) is 11.6 Å². The highest BCUT2D eigenvalue weighted by atomic mass is 79.9. The van der Waals surface area contributed by atoms with E-state index >= 15 is 0 Å². The van der Waals surface area contributed by atoms with Crippen molar-refractivity contribution in [3.05, 3.63) is 86.4 Å². The molecule has 0 radical (unpaired) electrons. The number of nitro groups is 1. The zero-order chi connectivity index (χ0) is 20.5. The summed E-state index contributed by atoms with van der Waals surface area (Å²) in [6.45, 7) is 1.60. The molecule has 8 heteroatoms. The van der Waals surface area contributed by atoms with Crippen LogP contribution in [-0.4, -0.2) is 15.8 Å². The number of hydrogen-bond acceptors (Lipinski definition) is 5. The van der Waals surface area contributed by atoms with Crippen molar-refractivity contribution in [2.45, 2.75) is 6.92 Å². The fourth-order valence-electron chi connectivity index (χ4n) is 2.95. The summed E-state index contributed by atoms with van der Waals surface area (Å²) >= 11 is 3.43. The van der Waals surface area contributed by atoms with Gasteiger partial charge in [0.15, 0.2) is 5.58 Å². The van der Waals surface area contributed by atoms with E-state index in [1.54, 1.807) is 25.1 Å². The molecule has 4 aromatic rings. The van der Waals surface area contributed by atoms with Gasteiger partial charge in [0, 0.05) is 32.9 Å². The lowest BCUT2D eigenvalue weighted by atomic mass is 10.1. The van der Waals surface area contributed by atoms with Crippen molar-refractivity contribution in [1.29, 1.82) is 0 Å². The van der Waals surface area contributed by atoms with Gasteiger partial charge in [-0.1, -0.05) is 22.0 Å². The summed E-state index contributed by atoms with van der Waals surface area (Å²) in [5.41, 5.74) is 3.33. The normalized spacial score (nSPS) is 10.8. The molecule has 1 N–H and O–H groups in total. The molecule has 0 bridgehead atoms. The molecule has 144 valence electrons. The number of halogens is 1. The van der Waals surface area contributed by atoms with Gasteiger partial charge >= 0.3 is 0 Å². The maximum absolute atomic E-state index is 12.5. The standard InChI is InChI=1S/C21H14BrN3O4/c1-12-9-13(5-7-18(12)25(27)28)20(26)23-16-6-8-19-17(11-16)24-21(29-19)14-3-2-4-15(22)10-14/h2-11H,1H3,(H,23,26). The number of benzene rings is 3. The Morgan fingerprint density at radius 3 is 2.69 bits per heavy atom. The number of aromatic nitrogens is 1. The highest BCUT2D eigenvalue weighted by Crippen LogP contribution is 2.28. The number of carbonyl (C=O) groups excluding carboxylic acids is 1. The molecule has 7 nitrogen and oxygen atoms in total. The maximum Gasteiger partial charge on any atom is 0.272 e. The Labute approximate surface area is 173 Å². The van der Waals surface area contributed by atoms with Crippen LogP contribution in [0.25, 0.3) is 22.6 Å². The number of oxazole rings is 1. The first-order valence-electron chi connectivity index (χ1n) is 8.63. The summed E-state index contributed by atoms with van der Waals surface area (Å²) in [5, 5.41) is 13.7. The van der Waals surface area contributed by atoms with E-state index in [1.807, 2.05) is 24.3 Å². The Balaban J connectivity index is 1.59. The molecule has 0 fully saturated rings. The van der Waals surface area contributed by atoms with E-state index in [2.05, 4.69) is 26.2 Å². The number of anilines is 1. The smallest absolute Gasteiger partial charge is 0.272 e. The third-order valence-electron chi connectivity index (χ3n) is 4.37. The van der Waals surface area contributed by atoms with E-state index in [4.69, 9.17) is 4.42 Å².